The molecule has 6 rings (SSSR count). The van der Waals surface area contributed by atoms with Gasteiger partial charge in [0.1, 0.15) is 6.10 Å². The molecule has 1 aromatic heterocycles. The Morgan fingerprint density at radius 3 is 2.22 bits per heavy atom. The van der Waals surface area contributed by atoms with Gasteiger partial charge in [-0.25, -0.2) is 4.98 Å². The first-order chi connectivity index (χ1) is 13.1. The van der Waals surface area contributed by atoms with Crippen molar-refractivity contribution in [2.75, 3.05) is 0 Å². The highest BCUT2D eigenvalue weighted by Gasteiger charge is 2.54. The van der Waals surface area contributed by atoms with Crippen molar-refractivity contribution in [2.45, 2.75) is 76.4 Å². The second-order valence-corrected chi connectivity index (χ2v) is 10.0. The van der Waals surface area contributed by atoms with Crippen molar-refractivity contribution in [1.29, 1.82) is 0 Å². The molecule has 0 atom stereocenters. The fraction of sp³-hybridized carbons (Fsp3) is 0.727. The molecule has 5 fully saturated rings. The lowest BCUT2D eigenvalue weighted by Crippen LogP contribution is -2.55. The molecule has 0 aliphatic heterocycles. The number of hydrogen-bond acceptors (Lipinski definition) is 3. The van der Waals surface area contributed by atoms with E-state index >= 15 is 0 Å². The van der Waals surface area contributed by atoms with Crippen molar-refractivity contribution in [3.05, 3.63) is 23.4 Å². The van der Waals surface area contributed by atoms with Crippen LogP contribution in [0.15, 0.2) is 18.3 Å². The lowest BCUT2D eigenvalue weighted by atomic mass is 9.49. The summed E-state index contributed by atoms with van der Waals surface area (Å²) in [5, 5.41) is 4.06. The second kappa shape index (κ2) is 6.95. The number of amides is 1. The number of nitrogens with zero attached hydrogens (tertiary/aromatic N) is 1. The van der Waals surface area contributed by atoms with Crippen molar-refractivity contribution in [2.24, 2.45) is 23.2 Å². The number of ether oxygens (including phenoxy) is 1. The van der Waals surface area contributed by atoms with Crippen molar-refractivity contribution < 1.29 is 9.53 Å². The van der Waals surface area contributed by atoms with E-state index < -0.39 is 0 Å². The number of carbonyl (C=O) groups excluding carboxylic acids is 1. The third-order valence-corrected chi connectivity index (χ3v) is 7.74. The number of carbonyl (C=O) groups is 1. The molecule has 0 aromatic carbocycles. The predicted octanol–water partition coefficient (Wildman–Crippen LogP) is 4.76. The Morgan fingerprint density at radius 1 is 1.04 bits per heavy atom. The summed E-state index contributed by atoms with van der Waals surface area (Å²) in [6.45, 7) is 0. The zero-order valence-corrected chi connectivity index (χ0v) is 16.6. The Morgan fingerprint density at radius 2 is 1.67 bits per heavy atom. The van der Waals surface area contributed by atoms with E-state index in [-0.39, 0.29) is 11.5 Å². The fourth-order valence-electron chi connectivity index (χ4n) is 6.65. The third kappa shape index (κ3) is 3.57. The molecule has 4 bridgehead atoms. The second-order valence-electron chi connectivity index (χ2n) is 9.58. The van der Waals surface area contributed by atoms with E-state index in [9.17, 15) is 4.79 Å². The molecule has 5 saturated carbocycles. The number of hydrogen-bond donors (Lipinski definition) is 1. The Balaban J connectivity index is 1.14. The molecule has 0 radical (unpaired) electrons. The first-order valence-electron chi connectivity index (χ1n) is 10.7. The van der Waals surface area contributed by atoms with Crippen LogP contribution < -0.4 is 10.1 Å². The molecular weight excluding hydrogens is 360 g/mol. The third-order valence-electron chi connectivity index (χ3n) is 7.52. The summed E-state index contributed by atoms with van der Waals surface area (Å²) in [5.74, 6) is 3.46. The minimum Gasteiger partial charge on any atom is -0.474 e. The zero-order valence-electron chi connectivity index (χ0n) is 15.8. The van der Waals surface area contributed by atoms with Gasteiger partial charge in [0, 0.05) is 23.7 Å². The lowest BCUT2D eigenvalue weighted by molar-refractivity contribution is -0.147. The van der Waals surface area contributed by atoms with Gasteiger partial charge in [-0.05, 0) is 88.0 Å². The molecule has 5 heteroatoms. The molecule has 1 aromatic rings. The number of halogens is 1. The van der Waals surface area contributed by atoms with E-state index in [1.54, 1.807) is 12.3 Å². The first-order valence-corrected chi connectivity index (χ1v) is 11.0. The van der Waals surface area contributed by atoms with E-state index in [4.69, 9.17) is 16.3 Å². The van der Waals surface area contributed by atoms with E-state index in [1.165, 1.54) is 19.3 Å². The van der Waals surface area contributed by atoms with E-state index in [1.807, 2.05) is 6.07 Å². The highest BCUT2D eigenvalue weighted by Crippen LogP contribution is 2.60. The summed E-state index contributed by atoms with van der Waals surface area (Å²) in [4.78, 5) is 17.4. The molecule has 1 N–H and O–H groups in total. The molecule has 0 unspecified atom stereocenters. The monoisotopic (exact) mass is 388 g/mol. The summed E-state index contributed by atoms with van der Waals surface area (Å²) < 4.78 is 5.98. The Bertz CT molecular complexity index is 661. The summed E-state index contributed by atoms with van der Waals surface area (Å²) in [5.41, 5.74) is -0.0324. The van der Waals surface area contributed by atoms with E-state index in [2.05, 4.69) is 10.3 Å². The largest absolute Gasteiger partial charge is 0.474 e. The van der Waals surface area contributed by atoms with Gasteiger partial charge in [-0.2, -0.15) is 0 Å². The standard InChI is InChI=1S/C22H29ClN2O2/c23-17-1-6-20(24-13-17)27-19-4-2-18(3-5-19)25-21(26)22-10-14-7-15(11-22)9-16(8-14)12-22/h1,6,13-16,18-19H,2-5,7-12H2,(H,25,26). The van der Waals surface area contributed by atoms with Crippen LogP contribution in [0.5, 0.6) is 5.88 Å². The molecular formula is C22H29ClN2O2. The van der Waals surface area contributed by atoms with Crippen LogP contribution in [-0.2, 0) is 4.79 Å². The van der Waals surface area contributed by atoms with E-state index in [0.29, 0.717) is 22.9 Å². The van der Waals surface area contributed by atoms with Crippen molar-refractivity contribution in [3.8, 4) is 5.88 Å². The number of pyridine rings is 1. The van der Waals surface area contributed by atoms with Crippen LogP contribution in [0.2, 0.25) is 5.02 Å². The molecule has 0 spiro atoms. The average molecular weight is 389 g/mol. The minimum absolute atomic E-state index is 0.0324. The Kier molecular flexibility index (Phi) is 4.58. The Hall–Kier alpha value is -1.29. The predicted molar refractivity (Wildman–Crippen MR) is 105 cm³/mol. The summed E-state index contributed by atoms with van der Waals surface area (Å²) in [7, 11) is 0. The van der Waals surface area contributed by atoms with Crippen molar-refractivity contribution >= 4 is 17.5 Å². The van der Waals surface area contributed by atoms with Crippen LogP contribution in [0.4, 0.5) is 0 Å². The van der Waals surface area contributed by atoms with Gasteiger partial charge in [0.15, 0.2) is 0 Å². The van der Waals surface area contributed by atoms with Crippen LogP contribution in [-0.4, -0.2) is 23.0 Å². The van der Waals surface area contributed by atoms with Crippen LogP contribution in [0.3, 0.4) is 0 Å². The maximum absolute atomic E-state index is 13.2. The molecule has 1 heterocycles. The maximum atomic E-state index is 13.2. The topological polar surface area (TPSA) is 51.2 Å². The normalized spacial score (nSPS) is 40.0. The molecule has 4 nitrogen and oxygen atoms in total. The van der Waals surface area contributed by atoms with Gasteiger partial charge in [-0.15, -0.1) is 0 Å². The molecule has 5 aliphatic rings. The van der Waals surface area contributed by atoms with Crippen LogP contribution in [0, 0.1) is 23.2 Å². The van der Waals surface area contributed by atoms with Crippen LogP contribution in [0.1, 0.15) is 64.2 Å². The smallest absolute Gasteiger partial charge is 0.226 e. The fourth-order valence-corrected chi connectivity index (χ4v) is 6.77. The van der Waals surface area contributed by atoms with Crippen LogP contribution in [0.25, 0.3) is 0 Å². The molecule has 0 saturated heterocycles. The summed E-state index contributed by atoms with van der Waals surface area (Å²) in [6.07, 6.45) is 13.3. The molecule has 146 valence electrons. The van der Waals surface area contributed by atoms with Crippen molar-refractivity contribution in [3.63, 3.8) is 0 Å². The van der Waals surface area contributed by atoms with Gasteiger partial charge >= 0.3 is 0 Å². The summed E-state index contributed by atoms with van der Waals surface area (Å²) in [6, 6.07) is 3.94. The maximum Gasteiger partial charge on any atom is 0.226 e. The quantitative estimate of drug-likeness (QED) is 0.809. The van der Waals surface area contributed by atoms with Gasteiger partial charge in [-0.3, -0.25) is 4.79 Å². The Labute approximate surface area is 166 Å². The SMILES string of the molecule is O=C(NC1CCC(Oc2ccc(Cl)cn2)CC1)C12CC3CC(CC(C3)C1)C2. The van der Waals surface area contributed by atoms with Gasteiger partial charge in [0.25, 0.3) is 0 Å². The average Bonchev–Trinajstić information content (AvgIpc) is 2.64. The minimum atomic E-state index is -0.0324. The molecule has 5 aliphatic carbocycles. The molecule has 27 heavy (non-hydrogen) atoms. The van der Waals surface area contributed by atoms with Gasteiger partial charge in [0.05, 0.1) is 5.02 Å². The van der Waals surface area contributed by atoms with Gasteiger partial charge in [-0.1, -0.05) is 11.6 Å². The number of rotatable bonds is 4. The lowest BCUT2D eigenvalue weighted by Gasteiger charge is -2.56. The van der Waals surface area contributed by atoms with Crippen LogP contribution >= 0.6 is 11.6 Å². The first kappa shape index (κ1) is 17.8. The van der Waals surface area contributed by atoms with Gasteiger partial charge < -0.3 is 10.1 Å². The zero-order chi connectivity index (χ0) is 18.4. The molecule has 1 amide bonds. The van der Waals surface area contributed by atoms with Gasteiger partial charge in [0.2, 0.25) is 11.8 Å². The number of nitrogens with one attached hydrogen (secondary N) is 1. The summed E-state index contributed by atoms with van der Waals surface area (Å²) >= 11 is 5.88. The highest BCUT2D eigenvalue weighted by atomic mass is 35.5. The highest BCUT2D eigenvalue weighted by molar-refractivity contribution is 6.30. The van der Waals surface area contributed by atoms with Crippen molar-refractivity contribution in [1.82, 2.24) is 10.3 Å². The van der Waals surface area contributed by atoms with E-state index in [0.717, 1.165) is 62.7 Å². The number of aromatic nitrogens is 1.